The average molecular weight is 319 g/mol. The summed E-state index contributed by atoms with van der Waals surface area (Å²) in [6.45, 7) is 4.28. The lowest BCUT2D eigenvalue weighted by Crippen LogP contribution is -2.40. The molecule has 1 rings (SSSR count). The predicted molar refractivity (Wildman–Crippen MR) is 94.3 cm³/mol. The number of benzene rings is 1. The van der Waals surface area contributed by atoms with E-state index < -0.39 is 11.6 Å². The molecule has 0 aliphatic heterocycles. The molecule has 0 spiro atoms. The second-order valence-electron chi connectivity index (χ2n) is 5.76. The molecule has 128 valence electrons. The van der Waals surface area contributed by atoms with Gasteiger partial charge in [0, 0.05) is 11.3 Å². The van der Waals surface area contributed by atoms with Crippen LogP contribution in [0.5, 0.6) is 0 Å². The number of carbonyl (C=O) groups excluding carboxylic acids is 1. The third kappa shape index (κ3) is 6.55. The van der Waals surface area contributed by atoms with Crippen molar-refractivity contribution in [1.82, 2.24) is 0 Å². The zero-order valence-electron chi connectivity index (χ0n) is 14.3. The van der Waals surface area contributed by atoms with Gasteiger partial charge in [-0.15, -0.1) is 0 Å². The van der Waals surface area contributed by atoms with Crippen molar-refractivity contribution in [3.05, 3.63) is 42.0 Å². The van der Waals surface area contributed by atoms with Crippen molar-refractivity contribution in [2.45, 2.75) is 58.2 Å². The van der Waals surface area contributed by atoms with E-state index in [1.54, 1.807) is 37.3 Å². The number of rotatable bonds is 11. The molecule has 0 aromatic heterocycles. The van der Waals surface area contributed by atoms with E-state index in [4.69, 9.17) is 10.5 Å². The molecule has 1 unspecified atom stereocenters. The first-order valence-electron chi connectivity index (χ1n) is 8.44. The Labute approximate surface area is 139 Å². The van der Waals surface area contributed by atoms with Crippen LogP contribution >= 0.6 is 0 Å². The summed E-state index contributed by atoms with van der Waals surface area (Å²) in [7, 11) is 0. The Hall–Kier alpha value is -1.65. The molecule has 0 heterocycles. The zero-order valence-corrected chi connectivity index (χ0v) is 14.3. The number of unbranched alkanes of at least 4 members (excludes halogenated alkanes) is 5. The van der Waals surface area contributed by atoms with E-state index in [1.165, 1.54) is 25.3 Å². The first kappa shape index (κ1) is 19.4. The van der Waals surface area contributed by atoms with Crippen molar-refractivity contribution in [3.63, 3.8) is 0 Å². The van der Waals surface area contributed by atoms with Crippen LogP contribution in [0.15, 0.2) is 36.4 Å². The molecule has 0 aliphatic rings. The second-order valence-corrected chi connectivity index (χ2v) is 5.76. The number of ketones is 1. The molecule has 0 aliphatic carbocycles. The standard InChI is InChI=1S/C19H29NO3/c1-3-5-6-7-8-9-15-23-19(22,14-4-2)18(21)16-10-12-17(20)13-11-16/h4,10-14,22H,3,5-9,15,20H2,1-2H3. The third-order valence-electron chi connectivity index (χ3n) is 3.71. The third-order valence-corrected chi connectivity index (χ3v) is 3.71. The van der Waals surface area contributed by atoms with Crippen molar-refractivity contribution < 1.29 is 14.6 Å². The Balaban J connectivity index is 2.57. The van der Waals surface area contributed by atoms with Crippen LogP contribution in [0.4, 0.5) is 5.69 Å². The van der Waals surface area contributed by atoms with E-state index in [0.29, 0.717) is 17.9 Å². The Morgan fingerprint density at radius 1 is 1.17 bits per heavy atom. The average Bonchev–Trinajstić information content (AvgIpc) is 2.54. The quantitative estimate of drug-likeness (QED) is 0.212. The van der Waals surface area contributed by atoms with E-state index in [1.807, 2.05) is 0 Å². The van der Waals surface area contributed by atoms with Gasteiger partial charge >= 0.3 is 0 Å². The number of allylic oxidation sites excluding steroid dienone is 1. The Morgan fingerprint density at radius 3 is 2.39 bits per heavy atom. The van der Waals surface area contributed by atoms with Gasteiger partial charge in [0.25, 0.3) is 5.79 Å². The first-order chi connectivity index (χ1) is 11.0. The molecule has 0 amide bonds. The number of nitrogen functional groups attached to an aromatic ring is 1. The number of hydrogen-bond acceptors (Lipinski definition) is 4. The minimum absolute atomic E-state index is 0.355. The van der Waals surface area contributed by atoms with Crippen LogP contribution in [0.25, 0.3) is 0 Å². The van der Waals surface area contributed by atoms with Gasteiger partial charge in [-0.3, -0.25) is 4.79 Å². The van der Waals surface area contributed by atoms with Crippen molar-refractivity contribution in [2.24, 2.45) is 0 Å². The topological polar surface area (TPSA) is 72.5 Å². The summed E-state index contributed by atoms with van der Waals surface area (Å²) >= 11 is 0. The summed E-state index contributed by atoms with van der Waals surface area (Å²) < 4.78 is 5.51. The van der Waals surface area contributed by atoms with Crippen LogP contribution in [0, 0.1) is 0 Å². The molecule has 3 N–H and O–H groups in total. The highest BCUT2D eigenvalue weighted by atomic mass is 16.6. The molecular formula is C19H29NO3. The summed E-state index contributed by atoms with van der Waals surface area (Å²) in [5, 5.41) is 10.6. The highest BCUT2D eigenvalue weighted by molar-refractivity contribution is 6.02. The van der Waals surface area contributed by atoms with E-state index in [2.05, 4.69) is 6.92 Å². The Kier molecular flexibility index (Phi) is 8.59. The molecule has 1 atom stereocenters. The molecule has 0 fully saturated rings. The molecule has 0 bridgehead atoms. The Bertz CT molecular complexity index is 496. The van der Waals surface area contributed by atoms with Gasteiger partial charge in [-0.25, -0.2) is 0 Å². The maximum atomic E-state index is 12.5. The van der Waals surface area contributed by atoms with Gasteiger partial charge in [0.15, 0.2) is 0 Å². The summed E-state index contributed by atoms with van der Waals surface area (Å²) in [6.07, 6.45) is 9.73. The van der Waals surface area contributed by atoms with Gasteiger partial charge in [-0.2, -0.15) is 0 Å². The molecular weight excluding hydrogens is 290 g/mol. The van der Waals surface area contributed by atoms with Crippen LogP contribution in [-0.2, 0) is 4.74 Å². The van der Waals surface area contributed by atoms with Crippen LogP contribution in [0.2, 0.25) is 0 Å². The maximum absolute atomic E-state index is 12.5. The fourth-order valence-electron chi connectivity index (χ4n) is 2.37. The molecule has 1 aromatic carbocycles. The molecule has 0 radical (unpaired) electrons. The number of nitrogens with two attached hydrogens (primary N) is 1. The van der Waals surface area contributed by atoms with E-state index in [-0.39, 0.29) is 0 Å². The van der Waals surface area contributed by atoms with Gasteiger partial charge in [0.1, 0.15) is 0 Å². The lowest BCUT2D eigenvalue weighted by Gasteiger charge is -2.23. The van der Waals surface area contributed by atoms with Crippen molar-refractivity contribution in [1.29, 1.82) is 0 Å². The molecule has 1 aromatic rings. The molecule has 23 heavy (non-hydrogen) atoms. The monoisotopic (exact) mass is 319 g/mol. The van der Waals surface area contributed by atoms with Crippen molar-refractivity contribution >= 4 is 11.5 Å². The van der Waals surface area contributed by atoms with Gasteiger partial charge in [0.05, 0.1) is 6.61 Å². The van der Waals surface area contributed by atoms with Crippen LogP contribution in [0.1, 0.15) is 62.7 Å². The number of anilines is 1. The molecule has 4 heteroatoms. The minimum atomic E-state index is -1.91. The number of hydrogen-bond donors (Lipinski definition) is 2. The lowest BCUT2D eigenvalue weighted by atomic mass is 10.0. The number of carbonyl (C=O) groups is 1. The molecule has 0 saturated carbocycles. The van der Waals surface area contributed by atoms with Crippen molar-refractivity contribution in [3.8, 4) is 0 Å². The normalized spacial score (nSPS) is 14.0. The van der Waals surface area contributed by atoms with Gasteiger partial charge in [-0.05, 0) is 43.7 Å². The highest BCUT2D eigenvalue weighted by Crippen LogP contribution is 2.19. The maximum Gasteiger partial charge on any atom is 0.251 e. The fraction of sp³-hybridized carbons (Fsp3) is 0.526. The fourth-order valence-corrected chi connectivity index (χ4v) is 2.37. The van der Waals surface area contributed by atoms with Gasteiger partial charge in [0.2, 0.25) is 5.78 Å². The van der Waals surface area contributed by atoms with Gasteiger partial charge in [-0.1, -0.05) is 45.1 Å². The number of ether oxygens (including phenoxy) is 1. The molecule has 0 saturated heterocycles. The largest absolute Gasteiger partial charge is 0.399 e. The number of Topliss-reactive ketones (excluding diaryl/α,β-unsaturated/α-hetero) is 1. The van der Waals surface area contributed by atoms with E-state index in [0.717, 1.165) is 19.3 Å². The smallest absolute Gasteiger partial charge is 0.251 e. The summed E-state index contributed by atoms with van der Waals surface area (Å²) in [4.78, 5) is 12.5. The Morgan fingerprint density at radius 2 is 1.78 bits per heavy atom. The van der Waals surface area contributed by atoms with E-state index in [9.17, 15) is 9.90 Å². The minimum Gasteiger partial charge on any atom is -0.399 e. The first-order valence-corrected chi connectivity index (χ1v) is 8.44. The predicted octanol–water partition coefficient (Wildman–Crippen LogP) is 4.09. The van der Waals surface area contributed by atoms with E-state index >= 15 is 0 Å². The van der Waals surface area contributed by atoms with Crippen LogP contribution < -0.4 is 5.73 Å². The zero-order chi connectivity index (χ0) is 17.1. The number of aliphatic hydroxyl groups is 1. The lowest BCUT2D eigenvalue weighted by molar-refractivity contribution is -0.132. The van der Waals surface area contributed by atoms with Crippen LogP contribution in [-0.4, -0.2) is 23.3 Å². The second kappa shape index (κ2) is 10.2. The highest BCUT2D eigenvalue weighted by Gasteiger charge is 2.34. The van der Waals surface area contributed by atoms with Gasteiger partial charge < -0.3 is 15.6 Å². The summed E-state index contributed by atoms with van der Waals surface area (Å²) in [6, 6.07) is 6.47. The van der Waals surface area contributed by atoms with Crippen LogP contribution in [0.3, 0.4) is 0 Å². The summed E-state index contributed by atoms with van der Waals surface area (Å²) in [5.74, 6) is -2.38. The SMILES string of the molecule is CC=CC(O)(OCCCCCCCC)C(=O)c1ccc(N)cc1. The molecule has 4 nitrogen and oxygen atoms in total. The van der Waals surface area contributed by atoms with Crippen molar-refractivity contribution in [2.75, 3.05) is 12.3 Å². The summed E-state index contributed by atoms with van der Waals surface area (Å²) in [5.41, 5.74) is 6.57.